The van der Waals surface area contributed by atoms with Gasteiger partial charge in [-0.1, -0.05) is 23.7 Å². The van der Waals surface area contributed by atoms with Crippen molar-refractivity contribution in [2.24, 2.45) is 0 Å². The van der Waals surface area contributed by atoms with Gasteiger partial charge in [-0.25, -0.2) is 0 Å². The second-order valence-corrected chi connectivity index (χ2v) is 7.90. The average molecular weight is 372 g/mol. The van der Waals surface area contributed by atoms with E-state index in [1.165, 1.54) is 4.88 Å². The Bertz CT molecular complexity index is 862. The number of benzene rings is 1. The first kappa shape index (κ1) is 17.5. The van der Waals surface area contributed by atoms with Crippen LogP contribution in [0.15, 0.2) is 35.9 Å². The smallest absolute Gasteiger partial charge is 0.264 e. The summed E-state index contributed by atoms with van der Waals surface area (Å²) in [5, 5.41) is 9.44. The summed E-state index contributed by atoms with van der Waals surface area (Å²) < 4.78 is 0.747. The molecule has 25 heavy (non-hydrogen) atoms. The number of fused-ring (bicyclic) bond motifs is 1. The summed E-state index contributed by atoms with van der Waals surface area (Å²) in [6.07, 6.45) is 2.44. The van der Waals surface area contributed by atoms with Crippen LogP contribution < -0.4 is 4.90 Å². The molecule has 0 N–H and O–H groups in total. The first-order chi connectivity index (χ1) is 12.0. The Kier molecular flexibility index (Phi) is 5.12. The Balaban J connectivity index is 1.78. The monoisotopic (exact) mass is 371 g/mol. The van der Waals surface area contributed by atoms with Crippen LogP contribution in [-0.2, 0) is 17.8 Å². The zero-order chi connectivity index (χ0) is 18.0. The molecule has 0 unspecified atom stereocenters. The third-order valence-electron chi connectivity index (χ3n) is 4.20. The molecule has 6 heteroatoms. The number of carbonyl (C=O) groups excluding carboxylic acids is 1. The number of thiophene rings is 1. The number of hydrogen-bond donors (Lipinski definition) is 0. The van der Waals surface area contributed by atoms with E-state index < -0.39 is 0 Å². The number of rotatable bonds is 3. The Labute approximate surface area is 156 Å². The lowest BCUT2D eigenvalue weighted by Gasteiger charge is -2.26. The van der Waals surface area contributed by atoms with Crippen LogP contribution in [0.5, 0.6) is 0 Å². The van der Waals surface area contributed by atoms with E-state index in [2.05, 4.69) is 6.07 Å². The third kappa shape index (κ3) is 3.87. The van der Waals surface area contributed by atoms with Gasteiger partial charge in [-0.05, 0) is 41.8 Å². The number of anilines is 1. The van der Waals surface area contributed by atoms with Crippen molar-refractivity contribution in [3.63, 3.8) is 0 Å². The summed E-state index contributed by atoms with van der Waals surface area (Å²) in [5.74, 6) is -0.229. The lowest BCUT2D eigenvalue weighted by Crippen LogP contribution is -2.36. The van der Waals surface area contributed by atoms with E-state index in [9.17, 15) is 10.1 Å². The summed E-state index contributed by atoms with van der Waals surface area (Å²) in [7, 11) is 3.94. The molecule has 2 heterocycles. The lowest BCUT2D eigenvalue weighted by atomic mass is 10.1. The van der Waals surface area contributed by atoms with E-state index in [1.807, 2.05) is 49.3 Å². The number of carbonyl (C=O) groups is 1. The van der Waals surface area contributed by atoms with E-state index in [0.29, 0.717) is 13.1 Å². The molecule has 0 saturated heterocycles. The van der Waals surface area contributed by atoms with Gasteiger partial charge < -0.3 is 9.80 Å². The van der Waals surface area contributed by atoms with Gasteiger partial charge in [0.25, 0.3) is 5.91 Å². The summed E-state index contributed by atoms with van der Waals surface area (Å²) in [5.41, 5.74) is 3.15. The van der Waals surface area contributed by atoms with E-state index in [0.717, 1.165) is 27.6 Å². The molecule has 0 spiro atoms. The fourth-order valence-electron chi connectivity index (χ4n) is 2.82. The second-order valence-electron chi connectivity index (χ2n) is 6.13. The van der Waals surface area contributed by atoms with E-state index in [1.54, 1.807) is 22.3 Å². The highest BCUT2D eigenvalue weighted by molar-refractivity contribution is 7.16. The molecule has 3 rings (SSSR count). The van der Waals surface area contributed by atoms with Gasteiger partial charge in [0, 0.05) is 37.7 Å². The van der Waals surface area contributed by atoms with E-state index >= 15 is 0 Å². The van der Waals surface area contributed by atoms with Crippen LogP contribution in [0.2, 0.25) is 4.34 Å². The van der Waals surface area contributed by atoms with Crippen molar-refractivity contribution in [3.05, 3.63) is 56.2 Å². The Hall–Kier alpha value is -2.29. The Morgan fingerprint density at radius 3 is 2.72 bits per heavy atom. The Morgan fingerprint density at radius 1 is 1.36 bits per heavy atom. The highest BCUT2D eigenvalue weighted by Crippen LogP contribution is 2.31. The first-order valence-electron chi connectivity index (χ1n) is 7.93. The fraction of sp³-hybridized carbons (Fsp3) is 0.263. The summed E-state index contributed by atoms with van der Waals surface area (Å²) in [6.45, 7) is 1.12. The SMILES string of the molecule is CN(C)c1ccc(/C=C(\C#N)C(=O)N2CCc3sc(Cl)cc3C2)cc1. The maximum Gasteiger partial charge on any atom is 0.264 e. The van der Waals surface area contributed by atoms with Crippen molar-refractivity contribution >= 4 is 40.6 Å². The number of nitrogens with zero attached hydrogens (tertiary/aromatic N) is 3. The van der Waals surface area contributed by atoms with Crippen molar-refractivity contribution in [3.8, 4) is 6.07 Å². The molecular weight excluding hydrogens is 354 g/mol. The molecule has 0 atom stereocenters. The van der Waals surface area contributed by atoms with Gasteiger partial charge in [0.15, 0.2) is 0 Å². The topological polar surface area (TPSA) is 47.3 Å². The van der Waals surface area contributed by atoms with Gasteiger partial charge in [-0.3, -0.25) is 4.79 Å². The predicted octanol–water partition coefficient (Wildman–Crippen LogP) is 3.96. The average Bonchev–Trinajstić information content (AvgIpc) is 2.98. The van der Waals surface area contributed by atoms with Gasteiger partial charge in [0.2, 0.25) is 0 Å². The highest BCUT2D eigenvalue weighted by atomic mass is 35.5. The van der Waals surface area contributed by atoms with Crippen molar-refractivity contribution in [1.82, 2.24) is 4.90 Å². The molecule has 0 saturated carbocycles. The first-order valence-corrected chi connectivity index (χ1v) is 9.13. The molecule has 2 aromatic rings. The molecule has 128 valence electrons. The molecule has 1 aromatic carbocycles. The number of amides is 1. The highest BCUT2D eigenvalue weighted by Gasteiger charge is 2.24. The zero-order valence-corrected chi connectivity index (χ0v) is 15.7. The fourth-order valence-corrected chi connectivity index (χ4v) is 4.11. The second kappa shape index (κ2) is 7.30. The molecule has 0 aliphatic carbocycles. The quantitative estimate of drug-likeness (QED) is 0.606. The van der Waals surface area contributed by atoms with Crippen molar-refractivity contribution in [2.75, 3.05) is 25.5 Å². The molecular formula is C19H18ClN3OS. The zero-order valence-electron chi connectivity index (χ0n) is 14.1. The molecule has 1 aliphatic rings. The van der Waals surface area contributed by atoms with Gasteiger partial charge in [0.1, 0.15) is 11.6 Å². The van der Waals surface area contributed by atoms with E-state index in [4.69, 9.17) is 11.6 Å². The molecule has 4 nitrogen and oxygen atoms in total. The molecule has 1 aliphatic heterocycles. The molecule has 1 amide bonds. The standard InChI is InChI=1S/C19H18ClN3OS/c1-22(2)16-5-3-13(4-6-16)9-14(11-21)19(24)23-8-7-17-15(12-23)10-18(20)25-17/h3-6,9-10H,7-8,12H2,1-2H3/b14-9+. The molecule has 0 radical (unpaired) electrons. The van der Waals surface area contributed by atoms with Crippen molar-refractivity contribution < 1.29 is 4.79 Å². The van der Waals surface area contributed by atoms with Crippen LogP contribution in [0.3, 0.4) is 0 Å². The normalized spacial score (nSPS) is 14.0. The molecule has 1 aromatic heterocycles. The Morgan fingerprint density at radius 2 is 2.08 bits per heavy atom. The number of halogens is 1. The largest absolute Gasteiger partial charge is 0.378 e. The van der Waals surface area contributed by atoms with Crippen LogP contribution in [0, 0.1) is 11.3 Å². The third-order valence-corrected chi connectivity index (χ3v) is 5.56. The summed E-state index contributed by atoms with van der Waals surface area (Å²) in [4.78, 5) is 17.7. The maximum absolute atomic E-state index is 12.7. The minimum atomic E-state index is -0.229. The maximum atomic E-state index is 12.7. The summed E-state index contributed by atoms with van der Waals surface area (Å²) in [6, 6.07) is 11.7. The van der Waals surface area contributed by atoms with Gasteiger partial charge in [-0.15, -0.1) is 11.3 Å². The summed E-state index contributed by atoms with van der Waals surface area (Å²) >= 11 is 7.63. The molecule has 0 bridgehead atoms. The van der Waals surface area contributed by atoms with Crippen LogP contribution in [0.4, 0.5) is 5.69 Å². The van der Waals surface area contributed by atoms with Gasteiger partial charge >= 0.3 is 0 Å². The minimum Gasteiger partial charge on any atom is -0.378 e. The molecule has 0 fully saturated rings. The van der Waals surface area contributed by atoms with Crippen molar-refractivity contribution in [1.29, 1.82) is 5.26 Å². The van der Waals surface area contributed by atoms with Gasteiger partial charge in [0.05, 0.1) is 4.34 Å². The van der Waals surface area contributed by atoms with E-state index in [-0.39, 0.29) is 11.5 Å². The van der Waals surface area contributed by atoms with Crippen LogP contribution in [0.25, 0.3) is 6.08 Å². The minimum absolute atomic E-state index is 0.155. The van der Waals surface area contributed by atoms with Crippen molar-refractivity contribution in [2.45, 2.75) is 13.0 Å². The predicted molar refractivity (Wildman–Crippen MR) is 103 cm³/mol. The van der Waals surface area contributed by atoms with Crippen LogP contribution in [-0.4, -0.2) is 31.4 Å². The van der Waals surface area contributed by atoms with Crippen LogP contribution in [0.1, 0.15) is 16.0 Å². The van der Waals surface area contributed by atoms with Gasteiger partial charge in [-0.2, -0.15) is 5.26 Å². The number of nitriles is 1. The lowest BCUT2D eigenvalue weighted by molar-refractivity contribution is -0.127. The number of hydrogen-bond acceptors (Lipinski definition) is 4. The van der Waals surface area contributed by atoms with Crippen LogP contribution >= 0.6 is 22.9 Å².